The van der Waals surface area contributed by atoms with Gasteiger partial charge in [-0.3, -0.25) is 0 Å². The summed E-state index contributed by atoms with van der Waals surface area (Å²) in [4.78, 5) is 9.03. The lowest BCUT2D eigenvalue weighted by Gasteiger charge is -2.08. The zero-order valence-electron chi connectivity index (χ0n) is 11.0. The van der Waals surface area contributed by atoms with Crippen LogP contribution in [0.2, 0.25) is 0 Å². The average Bonchev–Trinajstić information content (AvgIpc) is 2.37. The first-order valence-corrected chi connectivity index (χ1v) is 6.59. The molecule has 2 rings (SSSR count). The van der Waals surface area contributed by atoms with Gasteiger partial charge in [-0.05, 0) is 43.8 Å². The smallest absolute Gasteiger partial charge is 0.192 e. The van der Waals surface area contributed by atoms with E-state index in [0.29, 0.717) is 10.1 Å². The van der Waals surface area contributed by atoms with Crippen molar-refractivity contribution in [1.82, 2.24) is 9.97 Å². The molecule has 5 nitrogen and oxygen atoms in total. The van der Waals surface area contributed by atoms with Crippen molar-refractivity contribution in [2.75, 3.05) is 0 Å². The summed E-state index contributed by atoms with van der Waals surface area (Å²) in [5, 5.41) is 12.1. The van der Waals surface area contributed by atoms with Crippen LogP contribution in [0.4, 0.5) is 4.39 Å². The molecule has 0 aliphatic carbocycles. The monoisotopic (exact) mass is 292 g/mol. The number of hydrogen-bond donors (Lipinski definition) is 2. The van der Waals surface area contributed by atoms with Gasteiger partial charge in [-0.2, -0.15) is 0 Å². The third-order valence-corrected chi connectivity index (χ3v) is 3.43. The van der Waals surface area contributed by atoms with Gasteiger partial charge in [0.15, 0.2) is 11.0 Å². The van der Waals surface area contributed by atoms with Gasteiger partial charge in [-0.25, -0.2) is 14.4 Å². The molecule has 3 N–H and O–H groups in total. The molecule has 0 radical (unpaired) electrons. The zero-order valence-corrected chi connectivity index (χ0v) is 11.8. The van der Waals surface area contributed by atoms with Crippen LogP contribution in [-0.2, 0) is 0 Å². The van der Waals surface area contributed by atoms with E-state index < -0.39 is 5.82 Å². The maximum Gasteiger partial charge on any atom is 0.192 e. The van der Waals surface area contributed by atoms with Crippen LogP contribution in [0.5, 0.6) is 0 Å². The first-order chi connectivity index (χ1) is 9.51. The minimum atomic E-state index is -0.560. The molecule has 0 aliphatic rings. The Morgan fingerprint density at radius 1 is 1.30 bits per heavy atom. The van der Waals surface area contributed by atoms with E-state index in [-0.39, 0.29) is 11.4 Å². The highest BCUT2D eigenvalue weighted by Crippen LogP contribution is 2.29. The first kappa shape index (κ1) is 14.3. The van der Waals surface area contributed by atoms with Crippen LogP contribution in [0.1, 0.15) is 17.0 Å². The van der Waals surface area contributed by atoms with E-state index in [1.807, 2.05) is 19.9 Å². The highest BCUT2D eigenvalue weighted by molar-refractivity contribution is 7.99. The minimum absolute atomic E-state index is 0.0442. The first-order valence-electron chi connectivity index (χ1n) is 5.78. The van der Waals surface area contributed by atoms with Crippen molar-refractivity contribution in [1.29, 1.82) is 0 Å². The molecule has 1 heterocycles. The van der Waals surface area contributed by atoms with Crippen molar-refractivity contribution in [2.24, 2.45) is 10.9 Å². The molecule has 2 aromatic rings. The summed E-state index contributed by atoms with van der Waals surface area (Å²) in [5.74, 6) is -0.843. The Kier molecular flexibility index (Phi) is 4.19. The third kappa shape index (κ3) is 3.05. The van der Waals surface area contributed by atoms with Crippen LogP contribution in [-0.4, -0.2) is 21.0 Å². The van der Waals surface area contributed by atoms with Gasteiger partial charge in [0.05, 0.1) is 5.56 Å². The van der Waals surface area contributed by atoms with Crippen LogP contribution in [0.15, 0.2) is 39.5 Å². The van der Waals surface area contributed by atoms with Gasteiger partial charge in [0.25, 0.3) is 0 Å². The Morgan fingerprint density at radius 2 is 1.95 bits per heavy atom. The van der Waals surface area contributed by atoms with Crippen molar-refractivity contribution in [3.63, 3.8) is 0 Å². The molecule has 0 amide bonds. The van der Waals surface area contributed by atoms with E-state index in [1.54, 1.807) is 12.1 Å². The standard InChI is InChI=1S/C13H13FN4OS/c1-7-6-8(2)17-13(16-7)20-10-5-3-4-9(14)11(10)12(15)18-19/h3-6,19H,1-2H3,(H2,15,18). The molecule has 0 fully saturated rings. The molecule has 0 spiro atoms. The quantitative estimate of drug-likeness (QED) is 0.298. The summed E-state index contributed by atoms with van der Waals surface area (Å²) in [5.41, 5.74) is 7.20. The summed E-state index contributed by atoms with van der Waals surface area (Å²) in [7, 11) is 0. The summed E-state index contributed by atoms with van der Waals surface area (Å²) in [6.07, 6.45) is 0. The second-order valence-electron chi connectivity index (χ2n) is 4.13. The number of oxime groups is 1. The maximum atomic E-state index is 13.8. The molecule has 0 saturated carbocycles. The number of aromatic nitrogens is 2. The zero-order chi connectivity index (χ0) is 14.7. The fourth-order valence-corrected chi connectivity index (χ4v) is 2.75. The van der Waals surface area contributed by atoms with Crippen LogP contribution in [0.25, 0.3) is 0 Å². The van der Waals surface area contributed by atoms with E-state index in [1.165, 1.54) is 17.8 Å². The van der Waals surface area contributed by atoms with Crippen molar-refractivity contribution >= 4 is 17.6 Å². The molecule has 1 aromatic heterocycles. The number of nitrogens with two attached hydrogens (primary N) is 1. The molecule has 0 atom stereocenters. The number of halogens is 1. The number of rotatable bonds is 3. The second kappa shape index (κ2) is 5.87. The van der Waals surface area contributed by atoms with E-state index in [9.17, 15) is 4.39 Å². The molecule has 0 unspecified atom stereocenters. The predicted molar refractivity (Wildman–Crippen MR) is 74.5 cm³/mol. The van der Waals surface area contributed by atoms with E-state index in [2.05, 4.69) is 15.1 Å². The summed E-state index contributed by atoms with van der Waals surface area (Å²) in [6.45, 7) is 3.71. The Balaban J connectivity index is 2.46. The van der Waals surface area contributed by atoms with Gasteiger partial charge >= 0.3 is 0 Å². The lowest BCUT2D eigenvalue weighted by Crippen LogP contribution is -2.16. The SMILES string of the molecule is Cc1cc(C)nc(Sc2cccc(F)c2C(N)=NO)n1. The van der Waals surface area contributed by atoms with E-state index in [4.69, 9.17) is 10.9 Å². The molecule has 20 heavy (non-hydrogen) atoms. The van der Waals surface area contributed by atoms with Gasteiger partial charge < -0.3 is 10.9 Å². The summed E-state index contributed by atoms with van der Waals surface area (Å²) < 4.78 is 13.8. The molecule has 7 heteroatoms. The molecular formula is C13H13FN4OS. The van der Waals surface area contributed by atoms with E-state index >= 15 is 0 Å². The molecule has 1 aromatic carbocycles. The van der Waals surface area contributed by atoms with Gasteiger partial charge in [0.2, 0.25) is 0 Å². The highest BCUT2D eigenvalue weighted by atomic mass is 32.2. The van der Waals surface area contributed by atoms with Gasteiger partial charge in [0, 0.05) is 16.3 Å². The lowest BCUT2D eigenvalue weighted by molar-refractivity contribution is 0.318. The van der Waals surface area contributed by atoms with Crippen LogP contribution in [0, 0.1) is 19.7 Å². The minimum Gasteiger partial charge on any atom is -0.409 e. The van der Waals surface area contributed by atoms with Crippen LogP contribution >= 0.6 is 11.8 Å². The van der Waals surface area contributed by atoms with Crippen molar-refractivity contribution in [3.05, 3.63) is 47.0 Å². The Hall–Kier alpha value is -2.15. The third-order valence-electron chi connectivity index (χ3n) is 2.50. The molecule has 104 valence electrons. The Morgan fingerprint density at radius 3 is 2.55 bits per heavy atom. The largest absolute Gasteiger partial charge is 0.409 e. The van der Waals surface area contributed by atoms with Crippen LogP contribution in [0.3, 0.4) is 0 Å². The molecular weight excluding hydrogens is 279 g/mol. The topological polar surface area (TPSA) is 84.4 Å². The number of amidine groups is 1. The number of hydrogen-bond acceptors (Lipinski definition) is 5. The number of benzene rings is 1. The van der Waals surface area contributed by atoms with Crippen molar-refractivity contribution < 1.29 is 9.60 Å². The fourth-order valence-electron chi connectivity index (χ4n) is 1.73. The summed E-state index contributed by atoms with van der Waals surface area (Å²) >= 11 is 1.17. The van der Waals surface area contributed by atoms with E-state index in [0.717, 1.165) is 11.4 Å². The second-order valence-corrected chi connectivity index (χ2v) is 5.14. The maximum absolute atomic E-state index is 13.8. The molecule has 0 aliphatic heterocycles. The summed E-state index contributed by atoms with van der Waals surface area (Å²) in [6, 6.07) is 6.32. The fraction of sp³-hybridized carbons (Fsp3) is 0.154. The normalized spacial score (nSPS) is 11.7. The Bertz CT molecular complexity index is 655. The highest BCUT2D eigenvalue weighted by Gasteiger charge is 2.15. The van der Waals surface area contributed by atoms with Gasteiger partial charge in [-0.15, -0.1) is 0 Å². The number of nitrogens with zero attached hydrogens (tertiary/aromatic N) is 3. The predicted octanol–water partition coefficient (Wildman–Crippen LogP) is 2.48. The average molecular weight is 292 g/mol. The van der Waals surface area contributed by atoms with Crippen molar-refractivity contribution in [2.45, 2.75) is 23.9 Å². The molecule has 0 saturated heterocycles. The number of aryl methyl sites for hydroxylation is 2. The van der Waals surface area contributed by atoms with Gasteiger partial charge in [0.1, 0.15) is 5.82 Å². The Labute approximate surface area is 119 Å². The van der Waals surface area contributed by atoms with Crippen molar-refractivity contribution in [3.8, 4) is 0 Å². The molecule has 0 bridgehead atoms. The lowest BCUT2D eigenvalue weighted by atomic mass is 10.2. The van der Waals surface area contributed by atoms with Crippen LogP contribution < -0.4 is 5.73 Å². The van der Waals surface area contributed by atoms with Gasteiger partial charge in [-0.1, -0.05) is 11.2 Å².